The van der Waals surface area contributed by atoms with Crippen LogP contribution in [0.3, 0.4) is 0 Å². The second kappa shape index (κ2) is 6.09. The highest BCUT2D eigenvalue weighted by Crippen LogP contribution is 2.12. The minimum Gasteiger partial charge on any atom is -0.481 e. The molecule has 0 bridgehead atoms. The molecular formula is C12H13F2NO3. The van der Waals surface area contributed by atoms with E-state index < -0.39 is 23.5 Å². The molecule has 0 aliphatic rings. The van der Waals surface area contributed by atoms with Gasteiger partial charge in [0.1, 0.15) is 11.6 Å². The lowest BCUT2D eigenvalue weighted by Gasteiger charge is -2.20. The highest BCUT2D eigenvalue weighted by Gasteiger charge is 2.19. The number of carbonyl (C=O) groups excluding carboxylic acids is 1. The lowest BCUT2D eigenvalue weighted by Crippen LogP contribution is -2.33. The van der Waals surface area contributed by atoms with Crippen LogP contribution in [0.25, 0.3) is 0 Å². The van der Waals surface area contributed by atoms with E-state index in [0.29, 0.717) is 0 Å². The van der Waals surface area contributed by atoms with Gasteiger partial charge in [-0.1, -0.05) is 0 Å². The standard InChI is InChI=1S/C12H13F2NO3/c1-2-15(6-5-11(16)17)12(18)9-7-8(13)3-4-10(9)14/h3-4,7H,2,5-6H2,1H3,(H,16,17). The van der Waals surface area contributed by atoms with E-state index in [9.17, 15) is 18.4 Å². The Labute approximate surface area is 103 Å². The van der Waals surface area contributed by atoms with E-state index in [1.54, 1.807) is 6.92 Å². The summed E-state index contributed by atoms with van der Waals surface area (Å²) >= 11 is 0. The van der Waals surface area contributed by atoms with Gasteiger partial charge in [0.05, 0.1) is 12.0 Å². The molecule has 18 heavy (non-hydrogen) atoms. The first kappa shape index (κ1) is 14.1. The van der Waals surface area contributed by atoms with Gasteiger partial charge in [-0.15, -0.1) is 0 Å². The lowest BCUT2D eigenvalue weighted by molar-refractivity contribution is -0.137. The molecule has 0 fully saturated rings. The number of aliphatic carboxylic acids is 1. The molecule has 0 aliphatic carbocycles. The van der Waals surface area contributed by atoms with Crippen molar-refractivity contribution in [1.29, 1.82) is 0 Å². The van der Waals surface area contributed by atoms with E-state index in [2.05, 4.69) is 0 Å². The van der Waals surface area contributed by atoms with Crippen LogP contribution in [0.2, 0.25) is 0 Å². The van der Waals surface area contributed by atoms with E-state index in [0.717, 1.165) is 23.1 Å². The van der Waals surface area contributed by atoms with Crippen LogP contribution in [0, 0.1) is 11.6 Å². The van der Waals surface area contributed by atoms with Crippen molar-refractivity contribution < 1.29 is 23.5 Å². The summed E-state index contributed by atoms with van der Waals surface area (Å²) in [7, 11) is 0. The van der Waals surface area contributed by atoms with E-state index in [1.165, 1.54) is 0 Å². The minimum atomic E-state index is -1.05. The van der Waals surface area contributed by atoms with Gasteiger partial charge >= 0.3 is 5.97 Å². The average Bonchev–Trinajstić information content (AvgIpc) is 2.32. The Morgan fingerprint density at radius 2 is 2.00 bits per heavy atom. The lowest BCUT2D eigenvalue weighted by atomic mass is 10.1. The number of carboxylic acid groups (broad SMARTS) is 1. The predicted octanol–water partition coefficient (Wildman–Crippen LogP) is 1.90. The van der Waals surface area contributed by atoms with Crippen molar-refractivity contribution in [1.82, 2.24) is 4.90 Å². The van der Waals surface area contributed by atoms with Crippen LogP contribution in [-0.4, -0.2) is 35.0 Å². The van der Waals surface area contributed by atoms with Crippen molar-refractivity contribution in [3.63, 3.8) is 0 Å². The maximum Gasteiger partial charge on any atom is 0.305 e. The SMILES string of the molecule is CCN(CCC(=O)O)C(=O)c1cc(F)ccc1F. The summed E-state index contributed by atoms with van der Waals surface area (Å²) in [6, 6.07) is 2.59. The highest BCUT2D eigenvalue weighted by molar-refractivity contribution is 5.94. The van der Waals surface area contributed by atoms with Crippen molar-refractivity contribution in [3.8, 4) is 0 Å². The monoisotopic (exact) mass is 257 g/mol. The maximum atomic E-state index is 13.4. The number of benzene rings is 1. The van der Waals surface area contributed by atoms with Crippen molar-refractivity contribution >= 4 is 11.9 Å². The Morgan fingerprint density at radius 1 is 1.33 bits per heavy atom. The maximum absolute atomic E-state index is 13.4. The van der Waals surface area contributed by atoms with Gasteiger partial charge in [-0.3, -0.25) is 9.59 Å². The molecule has 0 spiro atoms. The molecule has 4 nitrogen and oxygen atoms in total. The van der Waals surface area contributed by atoms with E-state index >= 15 is 0 Å². The van der Waals surface area contributed by atoms with Crippen LogP contribution in [0.5, 0.6) is 0 Å². The van der Waals surface area contributed by atoms with Gasteiger partial charge in [0.25, 0.3) is 5.91 Å². The van der Waals surface area contributed by atoms with Crippen molar-refractivity contribution in [2.45, 2.75) is 13.3 Å². The number of hydrogen-bond acceptors (Lipinski definition) is 2. The second-order valence-corrected chi connectivity index (χ2v) is 3.65. The van der Waals surface area contributed by atoms with Crippen LogP contribution < -0.4 is 0 Å². The average molecular weight is 257 g/mol. The highest BCUT2D eigenvalue weighted by atomic mass is 19.1. The molecule has 1 aromatic rings. The van der Waals surface area contributed by atoms with Crippen LogP contribution in [0.1, 0.15) is 23.7 Å². The molecule has 0 unspecified atom stereocenters. The Balaban J connectivity index is 2.89. The largest absolute Gasteiger partial charge is 0.481 e. The first-order chi connectivity index (χ1) is 8.45. The zero-order chi connectivity index (χ0) is 13.7. The van der Waals surface area contributed by atoms with E-state index in [4.69, 9.17) is 5.11 Å². The normalized spacial score (nSPS) is 10.2. The minimum absolute atomic E-state index is 0.0411. The van der Waals surface area contributed by atoms with Crippen molar-refractivity contribution in [2.24, 2.45) is 0 Å². The Hall–Kier alpha value is -1.98. The van der Waals surface area contributed by atoms with Gasteiger partial charge in [-0.2, -0.15) is 0 Å². The molecule has 1 rings (SSSR count). The fourth-order valence-electron chi connectivity index (χ4n) is 1.47. The van der Waals surface area contributed by atoms with Crippen LogP contribution >= 0.6 is 0 Å². The summed E-state index contributed by atoms with van der Waals surface area (Å²) in [5, 5.41) is 8.54. The van der Waals surface area contributed by atoms with Gasteiger partial charge < -0.3 is 10.0 Å². The van der Waals surface area contributed by atoms with Gasteiger partial charge in [0.15, 0.2) is 0 Å². The fraction of sp³-hybridized carbons (Fsp3) is 0.333. The topological polar surface area (TPSA) is 57.6 Å². The third kappa shape index (κ3) is 3.51. The molecule has 1 N–H and O–H groups in total. The third-order valence-electron chi connectivity index (χ3n) is 2.42. The van der Waals surface area contributed by atoms with Crippen LogP contribution in [-0.2, 0) is 4.79 Å². The first-order valence-corrected chi connectivity index (χ1v) is 5.41. The molecule has 0 aliphatic heterocycles. The summed E-state index contributed by atoms with van der Waals surface area (Å²) in [5.74, 6) is -3.30. The number of hydrogen-bond donors (Lipinski definition) is 1. The van der Waals surface area contributed by atoms with E-state index in [-0.39, 0.29) is 25.1 Å². The first-order valence-electron chi connectivity index (χ1n) is 5.41. The van der Waals surface area contributed by atoms with Crippen LogP contribution in [0.4, 0.5) is 8.78 Å². The fourth-order valence-corrected chi connectivity index (χ4v) is 1.47. The quantitative estimate of drug-likeness (QED) is 0.876. The van der Waals surface area contributed by atoms with E-state index in [1.807, 2.05) is 0 Å². The zero-order valence-electron chi connectivity index (χ0n) is 9.82. The third-order valence-corrected chi connectivity index (χ3v) is 2.42. The zero-order valence-corrected chi connectivity index (χ0v) is 9.82. The Morgan fingerprint density at radius 3 is 2.56 bits per heavy atom. The van der Waals surface area contributed by atoms with Gasteiger partial charge in [-0.05, 0) is 25.1 Å². The molecule has 98 valence electrons. The summed E-state index contributed by atoms with van der Waals surface area (Å²) in [6.45, 7) is 1.82. The Kier molecular flexibility index (Phi) is 4.76. The van der Waals surface area contributed by atoms with Crippen molar-refractivity contribution in [2.75, 3.05) is 13.1 Å². The summed E-state index contributed by atoms with van der Waals surface area (Å²) in [5.41, 5.74) is -0.387. The molecular weight excluding hydrogens is 244 g/mol. The number of halogens is 2. The number of carboxylic acids is 1. The van der Waals surface area contributed by atoms with Crippen molar-refractivity contribution in [3.05, 3.63) is 35.4 Å². The molecule has 0 saturated heterocycles. The number of amides is 1. The van der Waals surface area contributed by atoms with Gasteiger partial charge in [0.2, 0.25) is 0 Å². The molecule has 0 radical (unpaired) electrons. The van der Waals surface area contributed by atoms with Gasteiger partial charge in [0, 0.05) is 13.1 Å². The number of rotatable bonds is 5. The smallest absolute Gasteiger partial charge is 0.305 e. The summed E-state index contributed by atoms with van der Waals surface area (Å²) in [4.78, 5) is 23.5. The second-order valence-electron chi connectivity index (χ2n) is 3.65. The molecule has 0 saturated carbocycles. The molecule has 0 heterocycles. The summed E-state index contributed by atoms with van der Waals surface area (Å²) in [6.07, 6.45) is -0.240. The number of carbonyl (C=O) groups is 2. The van der Waals surface area contributed by atoms with Gasteiger partial charge in [-0.25, -0.2) is 8.78 Å². The molecule has 0 aromatic heterocycles. The molecule has 1 amide bonds. The Bertz CT molecular complexity index is 463. The molecule has 6 heteroatoms. The summed E-state index contributed by atoms with van der Waals surface area (Å²) < 4.78 is 26.3. The number of nitrogens with zero attached hydrogens (tertiary/aromatic N) is 1. The molecule has 1 aromatic carbocycles. The van der Waals surface area contributed by atoms with Crippen LogP contribution in [0.15, 0.2) is 18.2 Å². The predicted molar refractivity (Wildman–Crippen MR) is 60.2 cm³/mol. The molecule has 0 atom stereocenters.